The van der Waals surface area contributed by atoms with E-state index in [1.165, 1.54) is 10.6 Å². The number of halogens is 1. The summed E-state index contributed by atoms with van der Waals surface area (Å²) in [7, 11) is 0. The number of hydrogen-bond donors (Lipinski definition) is 2. The summed E-state index contributed by atoms with van der Waals surface area (Å²) in [4.78, 5) is 29.4. The van der Waals surface area contributed by atoms with Crippen LogP contribution in [-0.4, -0.2) is 15.5 Å². The lowest BCUT2D eigenvalue weighted by Gasteiger charge is -2.15. The summed E-state index contributed by atoms with van der Waals surface area (Å²) in [5.74, 6) is -0.0141. The molecule has 2 N–H and O–H groups in total. The molecule has 144 valence electrons. The van der Waals surface area contributed by atoms with Crippen molar-refractivity contribution >= 4 is 34.8 Å². The number of carbonyl (C=O) groups is 1. The standard InChI is InChI=1S/C21H21ClN4O2/c1-13-8-14(2)10-18(9-13)25-21-23-15(3)11-20(28)26(21)12-19(27)24-17-6-4-16(22)5-7-17/h4-11H,12H2,1-3H3,(H,23,25)(H,24,27). The Kier molecular flexibility index (Phi) is 5.80. The highest BCUT2D eigenvalue weighted by Crippen LogP contribution is 2.18. The molecule has 28 heavy (non-hydrogen) atoms. The van der Waals surface area contributed by atoms with Crippen molar-refractivity contribution in [3.8, 4) is 0 Å². The molecule has 3 rings (SSSR count). The number of benzene rings is 2. The summed E-state index contributed by atoms with van der Waals surface area (Å²) in [5, 5.41) is 6.50. The first-order valence-electron chi connectivity index (χ1n) is 8.79. The maximum Gasteiger partial charge on any atom is 0.255 e. The molecule has 0 atom stereocenters. The van der Waals surface area contributed by atoms with Crippen LogP contribution in [0, 0.1) is 20.8 Å². The topological polar surface area (TPSA) is 76.0 Å². The molecule has 2 aromatic carbocycles. The minimum Gasteiger partial charge on any atom is -0.325 e. The molecular weight excluding hydrogens is 376 g/mol. The summed E-state index contributed by atoms with van der Waals surface area (Å²) < 4.78 is 1.32. The van der Waals surface area contributed by atoms with Crippen LogP contribution in [0.2, 0.25) is 5.02 Å². The van der Waals surface area contributed by atoms with Gasteiger partial charge in [-0.3, -0.25) is 14.2 Å². The SMILES string of the molecule is Cc1cc(C)cc(Nc2nc(C)cc(=O)n2CC(=O)Nc2ccc(Cl)cc2)c1. The predicted octanol–water partition coefficient (Wildman–Crippen LogP) is 4.20. The van der Waals surface area contributed by atoms with E-state index in [1.54, 1.807) is 31.2 Å². The Balaban J connectivity index is 1.86. The molecule has 0 aliphatic heterocycles. The minimum absolute atomic E-state index is 0.165. The van der Waals surface area contributed by atoms with Gasteiger partial charge in [0.25, 0.3) is 5.56 Å². The maximum atomic E-state index is 12.5. The number of anilines is 3. The van der Waals surface area contributed by atoms with Gasteiger partial charge in [0.15, 0.2) is 0 Å². The molecule has 1 aromatic heterocycles. The van der Waals surface area contributed by atoms with E-state index in [9.17, 15) is 9.59 Å². The van der Waals surface area contributed by atoms with Gasteiger partial charge in [0.2, 0.25) is 11.9 Å². The molecule has 0 unspecified atom stereocenters. The number of aromatic nitrogens is 2. The summed E-state index contributed by atoms with van der Waals surface area (Å²) in [5.41, 5.74) is 3.86. The van der Waals surface area contributed by atoms with Gasteiger partial charge in [0.1, 0.15) is 6.54 Å². The number of carbonyl (C=O) groups excluding carboxylic acids is 1. The Bertz CT molecular complexity index is 1050. The van der Waals surface area contributed by atoms with Crippen LogP contribution in [0.4, 0.5) is 17.3 Å². The smallest absolute Gasteiger partial charge is 0.255 e. The predicted molar refractivity (Wildman–Crippen MR) is 113 cm³/mol. The molecule has 0 bridgehead atoms. The van der Waals surface area contributed by atoms with E-state index in [2.05, 4.69) is 21.7 Å². The average Bonchev–Trinajstić information content (AvgIpc) is 2.59. The van der Waals surface area contributed by atoms with Crippen molar-refractivity contribution in [2.24, 2.45) is 0 Å². The first-order chi connectivity index (χ1) is 13.3. The lowest BCUT2D eigenvalue weighted by molar-refractivity contribution is -0.116. The van der Waals surface area contributed by atoms with Crippen LogP contribution in [0.25, 0.3) is 0 Å². The van der Waals surface area contributed by atoms with E-state index in [1.807, 2.05) is 26.0 Å². The molecule has 0 aliphatic carbocycles. The Hall–Kier alpha value is -3.12. The van der Waals surface area contributed by atoms with Crippen LogP contribution in [0.5, 0.6) is 0 Å². The second-order valence-electron chi connectivity index (χ2n) is 6.70. The molecule has 0 spiro atoms. The monoisotopic (exact) mass is 396 g/mol. The van der Waals surface area contributed by atoms with Crippen LogP contribution >= 0.6 is 11.6 Å². The van der Waals surface area contributed by atoms with Gasteiger partial charge in [-0.05, 0) is 68.3 Å². The molecule has 0 fully saturated rings. The molecule has 6 nitrogen and oxygen atoms in total. The zero-order valence-corrected chi connectivity index (χ0v) is 16.7. The zero-order valence-electron chi connectivity index (χ0n) is 15.9. The number of nitrogens with zero attached hydrogens (tertiary/aromatic N) is 2. The quantitative estimate of drug-likeness (QED) is 0.677. The van der Waals surface area contributed by atoms with E-state index in [0.717, 1.165) is 16.8 Å². The summed E-state index contributed by atoms with van der Waals surface area (Å²) in [6, 6.07) is 14.1. The van der Waals surface area contributed by atoms with Crippen molar-refractivity contribution in [2.75, 3.05) is 10.6 Å². The number of aryl methyl sites for hydroxylation is 3. The van der Waals surface area contributed by atoms with Crippen LogP contribution < -0.4 is 16.2 Å². The average molecular weight is 397 g/mol. The molecule has 0 saturated carbocycles. The molecule has 0 saturated heterocycles. The van der Waals surface area contributed by atoms with Crippen LogP contribution in [0.3, 0.4) is 0 Å². The van der Waals surface area contributed by atoms with Gasteiger partial charge in [0.05, 0.1) is 0 Å². The van der Waals surface area contributed by atoms with Crippen molar-refractivity contribution in [2.45, 2.75) is 27.3 Å². The number of hydrogen-bond acceptors (Lipinski definition) is 4. The van der Waals surface area contributed by atoms with E-state index in [-0.39, 0.29) is 18.0 Å². The summed E-state index contributed by atoms with van der Waals surface area (Å²) in [6.07, 6.45) is 0. The third-order valence-corrected chi connectivity index (χ3v) is 4.30. The number of nitrogens with one attached hydrogen (secondary N) is 2. The molecule has 0 aliphatic rings. The van der Waals surface area contributed by atoms with Crippen molar-refractivity contribution in [3.63, 3.8) is 0 Å². The number of rotatable bonds is 5. The van der Waals surface area contributed by atoms with Gasteiger partial charge >= 0.3 is 0 Å². The minimum atomic E-state index is -0.335. The van der Waals surface area contributed by atoms with E-state index in [0.29, 0.717) is 22.4 Å². The normalized spacial score (nSPS) is 10.6. The molecule has 0 radical (unpaired) electrons. The summed E-state index contributed by atoms with van der Waals surface area (Å²) >= 11 is 5.86. The fourth-order valence-corrected chi connectivity index (χ4v) is 3.05. The largest absolute Gasteiger partial charge is 0.325 e. The van der Waals surface area contributed by atoms with Gasteiger partial charge in [-0.15, -0.1) is 0 Å². The first kappa shape index (κ1) is 19.6. The third-order valence-electron chi connectivity index (χ3n) is 4.04. The Morgan fingerprint density at radius 2 is 1.64 bits per heavy atom. The fraction of sp³-hybridized carbons (Fsp3) is 0.190. The Labute approximate surface area is 168 Å². The number of amides is 1. The van der Waals surface area contributed by atoms with Crippen LogP contribution in [0.15, 0.2) is 53.3 Å². The van der Waals surface area contributed by atoms with E-state index >= 15 is 0 Å². The maximum absolute atomic E-state index is 12.5. The van der Waals surface area contributed by atoms with E-state index in [4.69, 9.17) is 11.6 Å². The highest BCUT2D eigenvalue weighted by molar-refractivity contribution is 6.30. The highest BCUT2D eigenvalue weighted by Gasteiger charge is 2.12. The van der Waals surface area contributed by atoms with Gasteiger partial charge < -0.3 is 10.6 Å². The van der Waals surface area contributed by atoms with Gasteiger partial charge in [-0.2, -0.15) is 0 Å². The molecule has 1 amide bonds. The van der Waals surface area contributed by atoms with Gasteiger partial charge in [-0.1, -0.05) is 17.7 Å². The Morgan fingerprint density at radius 3 is 2.29 bits per heavy atom. The first-order valence-corrected chi connectivity index (χ1v) is 9.17. The van der Waals surface area contributed by atoms with Crippen LogP contribution in [-0.2, 0) is 11.3 Å². The van der Waals surface area contributed by atoms with E-state index < -0.39 is 0 Å². The lowest BCUT2D eigenvalue weighted by Crippen LogP contribution is -2.30. The van der Waals surface area contributed by atoms with Crippen molar-refractivity contribution in [1.82, 2.24) is 9.55 Å². The molecule has 7 heteroatoms. The Morgan fingerprint density at radius 1 is 1.00 bits per heavy atom. The molecular formula is C21H21ClN4O2. The van der Waals surface area contributed by atoms with Crippen molar-refractivity contribution in [3.05, 3.63) is 80.7 Å². The zero-order chi connectivity index (χ0) is 20.3. The van der Waals surface area contributed by atoms with Crippen LogP contribution in [0.1, 0.15) is 16.8 Å². The second-order valence-corrected chi connectivity index (χ2v) is 7.14. The van der Waals surface area contributed by atoms with Crippen molar-refractivity contribution < 1.29 is 4.79 Å². The molecule has 3 aromatic rings. The second kappa shape index (κ2) is 8.27. The summed E-state index contributed by atoms with van der Waals surface area (Å²) in [6.45, 7) is 5.57. The fourth-order valence-electron chi connectivity index (χ4n) is 2.92. The van der Waals surface area contributed by atoms with Gasteiger partial charge in [0, 0.05) is 28.2 Å². The van der Waals surface area contributed by atoms with Gasteiger partial charge in [-0.25, -0.2) is 4.98 Å². The highest BCUT2D eigenvalue weighted by atomic mass is 35.5. The third kappa shape index (κ3) is 4.98. The lowest BCUT2D eigenvalue weighted by atomic mass is 10.1. The van der Waals surface area contributed by atoms with Crippen molar-refractivity contribution in [1.29, 1.82) is 0 Å². The molecule has 1 heterocycles.